The first-order valence-electron chi connectivity index (χ1n) is 10.2. The molecule has 28 heavy (non-hydrogen) atoms. The number of benzene rings is 2. The van der Waals surface area contributed by atoms with Gasteiger partial charge >= 0.3 is 0 Å². The SMILES string of the molecule is CCc1noc(CNC2CCN(c3cccc(-c4cccc(C)c4)c3)CC2)n1. The second kappa shape index (κ2) is 8.57. The summed E-state index contributed by atoms with van der Waals surface area (Å²) < 4.78 is 5.27. The Morgan fingerprint density at radius 3 is 2.54 bits per heavy atom. The van der Waals surface area contributed by atoms with Crippen molar-refractivity contribution in [1.29, 1.82) is 0 Å². The van der Waals surface area contributed by atoms with Crippen LogP contribution in [0.25, 0.3) is 11.1 Å². The maximum Gasteiger partial charge on any atom is 0.240 e. The molecule has 1 aliphatic heterocycles. The van der Waals surface area contributed by atoms with Crippen molar-refractivity contribution >= 4 is 5.69 Å². The minimum Gasteiger partial charge on any atom is -0.371 e. The standard InChI is InChI=1S/C23H28N4O/c1-3-22-25-23(28-26-22)16-24-20-10-12-27(13-11-20)21-9-5-8-19(15-21)18-7-4-6-17(2)14-18/h4-9,14-15,20,24H,3,10-13,16H2,1-2H3. The Morgan fingerprint density at radius 1 is 1.07 bits per heavy atom. The van der Waals surface area contributed by atoms with Gasteiger partial charge in [0.2, 0.25) is 5.89 Å². The van der Waals surface area contributed by atoms with E-state index < -0.39 is 0 Å². The van der Waals surface area contributed by atoms with Crippen LogP contribution >= 0.6 is 0 Å². The van der Waals surface area contributed by atoms with Crippen LogP contribution in [0.2, 0.25) is 0 Å². The van der Waals surface area contributed by atoms with Crippen LogP contribution < -0.4 is 10.2 Å². The minimum atomic E-state index is 0.494. The predicted molar refractivity (Wildman–Crippen MR) is 112 cm³/mol. The molecule has 0 bridgehead atoms. The zero-order chi connectivity index (χ0) is 19.3. The molecule has 0 radical (unpaired) electrons. The van der Waals surface area contributed by atoms with Crippen molar-refractivity contribution in [3.63, 3.8) is 0 Å². The average Bonchev–Trinajstić information content (AvgIpc) is 3.21. The van der Waals surface area contributed by atoms with E-state index in [-0.39, 0.29) is 0 Å². The monoisotopic (exact) mass is 376 g/mol. The van der Waals surface area contributed by atoms with Gasteiger partial charge in [-0.25, -0.2) is 0 Å². The number of nitrogens with one attached hydrogen (secondary N) is 1. The van der Waals surface area contributed by atoms with E-state index in [1.165, 1.54) is 22.4 Å². The molecule has 146 valence electrons. The number of nitrogens with zero attached hydrogens (tertiary/aromatic N) is 3. The van der Waals surface area contributed by atoms with Gasteiger partial charge in [0.1, 0.15) is 0 Å². The van der Waals surface area contributed by atoms with Crippen molar-refractivity contribution in [3.8, 4) is 11.1 Å². The van der Waals surface area contributed by atoms with Gasteiger partial charge in [0.05, 0.1) is 6.54 Å². The molecule has 0 spiro atoms. The average molecular weight is 377 g/mol. The molecule has 1 fully saturated rings. The normalized spacial score (nSPS) is 15.1. The van der Waals surface area contributed by atoms with E-state index in [0.717, 1.165) is 38.2 Å². The van der Waals surface area contributed by atoms with E-state index in [4.69, 9.17) is 4.52 Å². The van der Waals surface area contributed by atoms with Crippen molar-refractivity contribution in [2.45, 2.75) is 45.7 Å². The highest BCUT2D eigenvalue weighted by Gasteiger charge is 2.20. The van der Waals surface area contributed by atoms with Gasteiger partial charge in [-0.3, -0.25) is 0 Å². The third-order valence-corrected chi connectivity index (χ3v) is 5.43. The first-order chi connectivity index (χ1) is 13.7. The summed E-state index contributed by atoms with van der Waals surface area (Å²) in [6, 6.07) is 18.1. The Bertz CT molecular complexity index is 912. The van der Waals surface area contributed by atoms with Gasteiger partial charge in [-0.2, -0.15) is 4.98 Å². The Morgan fingerprint density at radius 2 is 1.82 bits per heavy atom. The topological polar surface area (TPSA) is 54.2 Å². The van der Waals surface area contributed by atoms with Crippen LogP contribution in [0.3, 0.4) is 0 Å². The van der Waals surface area contributed by atoms with E-state index in [1.807, 2.05) is 6.92 Å². The highest BCUT2D eigenvalue weighted by atomic mass is 16.5. The Balaban J connectivity index is 1.34. The largest absolute Gasteiger partial charge is 0.371 e. The first-order valence-corrected chi connectivity index (χ1v) is 10.2. The van der Waals surface area contributed by atoms with Crippen LogP contribution in [-0.2, 0) is 13.0 Å². The lowest BCUT2D eigenvalue weighted by molar-refractivity contribution is 0.339. The molecule has 0 amide bonds. The third-order valence-electron chi connectivity index (χ3n) is 5.43. The number of aryl methyl sites for hydroxylation is 2. The molecule has 1 N–H and O–H groups in total. The smallest absolute Gasteiger partial charge is 0.240 e. The number of rotatable bonds is 6. The fraction of sp³-hybridized carbons (Fsp3) is 0.391. The van der Waals surface area contributed by atoms with Crippen molar-refractivity contribution in [3.05, 3.63) is 65.8 Å². The molecule has 5 nitrogen and oxygen atoms in total. The molecular weight excluding hydrogens is 348 g/mol. The van der Waals surface area contributed by atoms with Gasteiger partial charge < -0.3 is 14.7 Å². The van der Waals surface area contributed by atoms with Crippen LogP contribution in [0.4, 0.5) is 5.69 Å². The summed E-state index contributed by atoms with van der Waals surface area (Å²) in [5.74, 6) is 1.46. The number of hydrogen-bond donors (Lipinski definition) is 1. The second-order valence-electron chi connectivity index (χ2n) is 7.52. The van der Waals surface area contributed by atoms with Crippen LogP contribution in [0, 0.1) is 6.92 Å². The number of hydrogen-bond acceptors (Lipinski definition) is 5. The van der Waals surface area contributed by atoms with Crippen LogP contribution in [0.5, 0.6) is 0 Å². The van der Waals surface area contributed by atoms with Crippen molar-refractivity contribution in [1.82, 2.24) is 15.5 Å². The quantitative estimate of drug-likeness (QED) is 0.692. The molecule has 5 heteroatoms. The number of piperidine rings is 1. The van der Waals surface area contributed by atoms with E-state index in [2.05, 4.69) is 75.8 Å². The van der Waals surface area contributed by atoms with Gasteiger partial charge in [-0.05, 0) is 43.0 Å². The molecule has 3 aromatic rings. The Labute approximate surface area is 166 Å². The summed E-state index contributed by atoms with van der Waals surface area (Å²) in [7, 11) is 0. The van der Waals surface area contributed by atoms with E-state index in [9.17, 15) is 0 Å². The molecular formula is C23H28N4O. The van der Waals surface area contributed by atoms with Gasteiger partial charge in [0.25, 0.3) is 0 Å². The van der Waals surface area contributed by atoms with E-state index in [0.29, 0.717) is 18.5 Å². The number of anilines is 1. The lowest BCUT2D eigenvalue weighted by atomic mass is 10.0. The number of aromatic nitrogens is 2. The molecule has 2 heterocycles. The Hall–Kier alpha value is -2.66. The fourth-order valence-corrected chi connectivity index (χ4v) is 3.79. The third kappa shape index (κ3) is 4.42. The molecule has 2 aromatic carbocycles. The summed E-state index contributed by atoms with van der Waals surface area (Å²) in [5.41, 5.74) is 5.16. The zero-order valence-electron chi connectivity index (χ0n) is 16.7. The minimum absolute atomic E-state index is 0.494. The zero-order valence-corrected chi connectivity index (χ0v) is 16.7. The van der Waals surface area contributed by atoms with Crippen molar-refractivity contribution in [2.75, 3.05) is 18.0 Å². The highest BCUT2D eigenvalue weighted by Crippen LogP contribution is 2.27. The molecule has 0 saturated carbocycles. The van der Waals surface area contributed by atoms with Gasteiger partial charge in [-0.15, -0.1) is 0 Å². The van der Waals surface area contributed by atoms with E-state index in [1.54, 1.807) is 0 Å². The summed E-state index contributed by atoms with van der Waals surface area (Å²) in [6.45, 7) is 6.94. The molecule has 4 rings (SSSR count). The maximum atomic E-state index is 5.27. The fourth-order valence-electron chi connectivity index (χ4n) is 3.79. The summed E-state index contributed by atoms with van der Waals surface area (Å²) in [5, 5.41) is 7.52. The van der Waals surface area contributed by atoms with Crippen LogP contribution in [0.1, 0.15) is 37.0 Å². The molecule has 0 unspecified atom stereocenters. The molecule has 1 aliphatic rings. The van der Waals surface area contributed by atoms with Gasteiger partial charge in [0, 0.05) is 31.2 Å². The Kier molecular flexibility index (Phi) is 5.72. The second-order valence-corrected chi connectivity index (χ2v) is 7.52. The molecule has 0 atom stereocenters. The summed E-state index contributed by atoms with van der Waals surface area (Å²) >= 11 is 0. The summed E-state index contributed by atoms with van der Waals surface area (Å²) in [6.07, 6.45) is 3.04. The first kappa shape index (κ1) is 18.7. The van der Waals surface area contributed by atoms with Gasteiger partial charge in [0.15, 0.2) is 5.82 Å². The van der Waals surface area contributed by atoms with Gasteiger partial charge in [-0.1, -0.05) is 54.0 Å². The molecule has 1 saturated heterocycles. The highest BCUT2D eigenvalue weighted by molar-refractivity contribution is 5.69. The lowest BCUT2D eigenvalue weighted by Gasteiger charge is -2.34. The van der Waals surface area contributed by atoms with Crippen molar-refractivity contribution in [2.24, 2.45) is 0 Å². The van der Waals surface area contributed by atoms with E-state index >= 15 is 0 Å². The van der Waals surface area contributed by atoms with Crippen LogP contribution in [-0.4, -0.2) is 29.3 Å². The predicted octanol–water partition coefficient (Wildman–Crippen LogP) is 4.37. The van der Waals surface area contributed by atoms with Crippen LogP contribution in [0.15, 0.2) is 53.1 Å². The van der Waals surface area contributed by atoms with Crippen molar-refractivity contribution < 1.29 is 4.52 Å². The molecule has 0 aliphatic carbocycles. The summed E-state index contributed by atoms with van der Waals surface area (Å²) in [4.78, 5) is 6.86. The lowest BCUT2D eigenvalue weighted by Crippen LogP contribution is -2.42. The maximum absolute atomic E-state index is 5.27. The molecule has 1 aromatic heterocycles.